The molecule has 0 spiro atoms. The summed E-state index contributed by atoms with van der Waals surface area (Å²) in [5, 5.41) is 6.35. The minimum absolute atomic E-state index is 0.0793. The second-order valence-electron chi connectivity index (χ2n) is 8.93. The van der Waals surface area contributed by atoms with E-state index in [0.29, 0.717) is 18.5 Å². The molecule has 2 atom stereocenters. The number of rotatable bonds is 9. The largest absolute Gasteiger partial charge is 0.497 e. The summed E-state index contributed by atoms with van der Waals surface area (Å²) in [4.78, 5) is 29.4. The van der Waals surface area contributed by atoms with Crippen LogP contribution in [0.25, 0.3) is 0 Å². The van der Waals surface area contributed by atoms with Gasteiger partial charge in [0.15, 0.2) is 0 Å². The van der Waals surface area contributed by atoms with Crippen molar-refractivity contribution in [2.75, 3.05) is 39.8 Å². The molecule has 0 aromatic heterocycles. The Morgan fingerprint density at radius 1 is 1.07 bits per heavy atom. The number of nitrogens with one attached hydrogen (secondary N) is 2. The number of piperazine rings is 1. The van der Waals surface area contributed by atoms with E-state index in [4.69, 9.17) is 4.74 Å². The number of hydrogen-bond acceptors (Lipinski definition) is 5. The highest BCUT2D eigenvalue weighted by Crippen LogP contribution is 2.41. The molecule has 30 heavy (non-hydrogen) atoms. The summed E-state index contributed by atoms with van der Waals surface area (Å²) in [6.45, 7) is 5.65. The Balaban J connectivity index is 1.24. The van der Waals surface area contributed by atoms with Gasteiger partial charge in [-0.15, -0.1) is 0 Å². The monoisotopic (exact) mass is 414 g/mol. The van der Waals surface area contributed by atoms with E-state index < -0.39 is 0 Å². The van der Waals surface area contributed by atoms with Gasteiger partial charge in [0.2, 0.25) is 11.8 Å². The van der Waals surface area contributed by atoms with Gasteiger partial charge in [-0.25, -0.2) is 0 Å². The van der Waals surface area contributed by atoms with Gasteiger partial charge in [-0.2, -0.15) is 0 Å². The van der Waals surface area contributed by atoms with Crippen molar-refractivity contribution in [1.82, 2.24) is 20.4 Å². The van der Waals surface area contributed by atoms with E-state index in [1.165, 1.54) is 0 Å². The molecule has 1 aliphatic heterocycles. The zero-order valence-corrected chi connectivity index (χ0v) is 18.1. The highest BCUT2D eigenvalue weighted by Gasteiger charge is 2.34. The van der Waals surface area contributed by atoms with Crippen molar-refractivity contribution in [3.05, 3.63) is 29.8 Å². The van der Waals surface area contributed by atoms with E-state index in [0.717, 1.165) is 63.2 Å². The maximum absolute atomic E-state index is 12.7. The van der Waals surface area contributed by atoms with Gasteiger partial charge in [-0.3, -0.25) is 19.4 Å². The van der Waals surface area contributed by atoms with E-state index in [-0.39, 0.29) is 23.9 Å². The molecular formula is C23H34N4O3. The van der Waals surface area contributed by atoms with Crippen molar-refractivity contribution in [1.29, 1.82) is 0 Å². The van der Waals surface area contributed by atoms with Gasteiger partial charge >= 0.3 is 0 Å². The predicted octanol–water partition coefficient (Wildman–Crippen LogP) is 1.55. The van der Waals surface area contributed by atoms with E-state index in [1.807, 2.05) is 19.1 Å². The third-order valence-corrected chi connectivity index (χ3v) is 6.51. The fourth-order valence-electron chi connectivity index (χ4n) is 4.16. The van der Waals surface area contributed by atoms with Crippen LogP contribution in [0.1, 0.15) is 44.2 Å². The Labute approximate surface area is 179 Å². The Bertz CT molecular complexity index is 737. The number of benzene rings is 1. The Morgan fingerprint density at radius 2 is 1.73 bits per heavy atom. The zero-order chi connectivity index (χ0) is 21.1. The minimum atomic E-state index is -0.101. The molecular weight excluding hydrogens is 380 g/mol. The molecule has 2 N–H and O–H groups in total. The second kappa shape index (κ2) is 9.35. The first-order valence-corrected chi connectivity index (χ1v) is 11.2. The number of ether oxygens (including phenoxy) is 1. The van der Waals surface area contributed by atoms with E-state index >= 15 is 0 Å². The third kappa shape index (κ3) is 5.52. The van der Waals surface area contributed by atoms with E-state index in [9.17, 15) is 9.59 Å². The maximum atomic E-state index is 12.7. The first kappa shape index (κ1) is 21.1. The van der Waals surface area contributed by atoms with E-state index in [1.54, 1.807) is 7.11 Å². The van der Waals surface area contributed by atoms with Crippen LogP contribution in [0.2, 0.25) is 0 Å². The van der Waals surface area contributed by atoms with Crippen molar-refractivity contribution >= 4 is 11.8 Å². The molecule has 4 rings (SSSR count). The smallest absolute Gasteiger partial charge is 0.237 e. The lowest BCUT2D eigenvalue weighted by Crippen LogP contribution is -2.55. The summed E-state index contributed by atoms with van der Waals surface area (Å²) in [5.74, 6) is 1.58. The topological polar surface area (TPSA) is 73.9 Å². The highest BCUT2D eigenvalue weighted by molar-refractivity contribution is 5.82. The van der Waals surface area contributed by atoms with Crippen molar-refractivity contribution in [3.63, 3.8) is 0 Å². The van der Waals surface area contributed by atoms with Gasteiger partial charge in [0, 0.05) is 32.2 Å². The molecule has 1 aromatic carbocycles. The summed E-state index contributed by atoms with van der Waals surface area (Å²) >= 11 is 0. The van der Waals surface area contributed by atoms with Crippen LogP contribution in [0.5, 0.6) is 5.75 Å². The molecule has 164 valence electrons. The summed E-state index contributed by atoms with van der Waals surface area (Å²) in [7, 11) is 1.66. The average molecular weight is 415 g/mol. The lowest BCUT2D eigenvalue weighted by Gasteiger charge is -2.37. The molecule has 1 saturated heterocycles. The first-order valence-electron chi connectivity index (χ1n) is 11.2. The minimum Gasteiger partial charge on any atom is -0.497 e. The van der Waals surface area contributed by atoms with Crippen LogP contribution in [0.15, 0.2) is 24.3 Å². The van der Waals surface area contributed by atoms with Crippen LogP contribution in [0.3, 0.4) is 0 Å². The van der Waals surface area contributed by atoms with Crippen molar-refractivity contribution in [3.8, 4) is 5.75 Å². The lowest BCUT2D eigenvalue weighted by atomic mass is 10.0. The molecule has 2 amide bonds. The van der Waals surface area contributed by atoms with Gasteiger partial charge < -0.3 is 15.4 Å². The number of hydrogen-bond donors (Lipinski definition) is 2. The molecule has 0 bridgehead atoms. The quantitative estimate of drug-likeness (QED) is 0.641. The Morgan fingerprint density at radius 3 is 2.30 bits per heavy atom. The maximum Gasteiger partial charge on any atom is 0.237 e. The molecule has 2 unspecified atom stereocenters. The van der Waals surface area contributed by atoms with Crippen molar-refractivity contribution < 1.29 is 14.3 Å². The van der Waals surface area contributed by atoms with Gasteiger partial charge in [0.05, 0.1) is 25.7 Å². The van der Waals surface area contributed by atoms with Crippen LogP contribution in [-0.2, 0) is 9.59 Å². The second-order valence-corrected chi connectivity index (χ2v) is 8.93. The van der Waals surface area contributed by atoms with Crippen molar-refractivity contribution in [2.45, 2.75) is 50.7 Å². The molecule has 0 radical (unpaired) electrons. The van der Waals surface area contributed by atoms with Crippen LogP contribution < -0.4 is 15.4 Å². The Hall–Kier alpha value is -2.12. The number of carbonyl (C=O) groups is 2. The summed E-state index contributed by atoms with van der Waals surface area (Å²) in [6, 6.07) is 8.39. The third-order valence-electron chi connectivity index (χ3n) is 6.51. The van der Waals surface area contributed by atoms with Crippen LogP contribution in [0.4, 0.5) is 0 Å². The molecule has 3 fully saturated rings. The Kier molecular flexibility index (Phi) is 6.58. The first-order chi connectivity index (χ1) is 14.5. The fourth-order valence-corrected chi connectivity index (χ4v) is 4.16. The number of carbonyl (C=O) groups excluding carboxylic acids is 2. The number of amides is 2. The van der Waals surface area contributed by atoms with Gasteiger partial charge in [-0.1, -0.05) is 12.1 Å². The lowest BCUT2D eigenvalue weighted by molar-refractivity contribution is -0.128. The highest BCUT2D eigenvalue weighted by atomic mass is 16.5. The molecule has 7 heteroatoms. The summed E-state index contributed by atoms with van der Waals surface area (Å²) in [5.41, 5.74) is 1.15. The summed E-state index contributed by atoms with van der Waals surface area (Å²) in [6.07, 6.45) is 4.55. The molecule has 2 saturated carbocycles. The average Bonchev–Trinajstić information content (AvgIpc) is 3.67. The zero-order valence-electron chi connectivity index (χ0n) is 18.1. The van der Waals surface area contributed by atoms with Crippen LogP contribution in [0, 0.1) is 5.92 Å². The van der Waals surface area contributed by atoms with Crippen LogP contribution in [-0.4, -0.2) is 73.5 Å². The number of methoxy groups -OCH3 is 1. The molecule has 1 heterocycles. The standard InChI is InChI=1S/C23H34N4O3/c1-16(23(29)24-19-7-8-19)27-13-11-26(12-14-27)15-21(28)25-22(17-3-4-17)18-5-9-20(30-2)10-6-18/h5-6,9-10,16-17,19,22H,3-4,7-8,11-15H2,1-2H3,(H,24,29)(H,25,28). The molecule has 7 nitrogen and oxygen atoms in total. The van der Waals surface area contributed by atoms with Gasteiger partial charge in [0.25, 0.3) is 0 Å². The van der Waals surface area contributed by atoms with Gasteiger partial charge in [0.1, 0.15) is 5.75 Å². The molecule has 2 aliphatic carbocycles. The number of nitrogens with zero attached hydrogens (tertiary/aromatic N) is 2. The fraction of sp³-hybridized carbons (Fsp3) is 0.652. The SMILES string of the molecule is COc1ccc(C(NC(=O)CN2CCN(C(C)C(=O)NC3CC3)CC2)C2CC2)cc1. The summed E-state index contributed by atoms with van der Waals surface area (Å²) < 4.78 is 5.25. The van der Waals surface area contributed by atoms with E-state index in [2.05, 4.69) is 32.6 Å². The van der Waals surface area contributed by atoms with Crippen molar-refractivity contribution in [2.24, 2.45) is 5.92 Å². The predicted molar refractivity (Wildman–Crippen MR) is 115 cm³/mol. The normalized spacial score (nSPS) is 22.2. The molecule has 3 aliphatic rings. The van der Waals surface area contributed by atoms with Gasteiger partial charge in [-0.05, 0) is 56.2 Å². The van der Waals surface area contributed by atoms with Crippen LogP contribution >= 0.6 is 0 Å². The molecule has 1 aromatic rings.